The predicted octanol–water partition coefficient (Wildman–Crippen LogP) is 3.60. The van der Waals surface area contributed by atoms with Crippen LogP contribution in [-0.4, -0.2) is 0 Å². The number of allylic oxidation sites excluding steroid dienone is 1. The summed E-state index contributed by atoms with van der Waals surface area (Å²) in [6.07, 6.45) is 1.38. The molecule has 0 aliphatic heterocycles. The second-order valence-corrected chi connectivity index (χ2v) is 3.88. The van der Waals surface area contributed by atoms with Crippen LogP contribution in [0.25, 0.3) is 11.3 Å². The molecule has 4 heteroatoms. The maximum atomic E-state index is 8.69. The van der Waals surface area contributed by atoms with Crippen molar-refractivity contribution < 1.29 is 4.42 Å². The molecule has 0 unspecified atom stereocenters. The normalized spacial score (nSPS) is 9.21. The smallest absolute Gasteiger partial charge is 0.145 e. The van der Waals surface area contributed by atoms with E-state index >= 15 is 0 Å². The summed E-state index contributed by atoms with van der Waals surface area (Å²) in [6, 6.07) is 14.9. The monoisotopic (exact) mass is 249 g/mol. The van der Waals surface area contributed by atoms with E-state index in [9.17, 15) is 0 Å². The Hall–Kier alpha value is -2.98. The number of benzene rings is 1. The van der Waals surface area contributed by atoms with Crippen LogP contribution in [0.4, 0.5) is 5.69 Å². The molecule has 1 N–H and O–H groups in total. The summed E-state index contributed by atoms with van der Waals surface area (Å²) < 4.78 is 5.58. The molecule has 0 atom stereocenters. The van der Waals surface area contributed by atoms with Crippen molar-refractivity contribution in [1.82, 2.24) is 0 Å². The van der Waals surface area contributed by atoms with Crippen molar-refractivity contribution in [2.45, 2.75) is 6.92 Å². The van der Waals surface area contributed by atoms with Gasteiger partial charge in [-0.3, -0.25) is 0 Å². The van der Waals surface area contributed by atoms with Gasteiger partial charge in [0.15, 0.2) is 0 Å². The fourth-order valence-electron chi connectivity index (χ4n) is 1.64. The average Bonchev–Trinajstić information content (AvgIpc) is 2.87. The van der Waals surface area contributed by atoms with Crippen molar-refractivity contribution in [1.29, 1.82) is 10.5 Å². The minimum atomic E-state index is 0.0189. The van der Waals surface area contributed by atoms with E-state index in [2.05, 4.69) is 5.32 Å². The lowest BCUT2D eigenvalue weighted by Crippen LogP contribution is -1.92. The Kier molecular flexibility index (Phi) is 3.66. The summed E-state index contributed by atoms with van der Waals surface area (Å²) in [7, 11) is 0. The average molecular weight is 249 g/mol. The lowest BCUT2D eigenvalue weighted by molar-refractivity contribution is 0.548. The first kappa shape index (κ1) is 12.5. The fraction of sp³-hybridized carbons (Fsp3) is 0.0667. The third kappa shape index (κ3) is 2.83. The van der Waals surface area contributed by atoms with E-state index in [0.29, 0.717) is 0 Å². The van der Waals surface area contributed by atoms with Crippen molar-refractivity contribution in [2.75, 3.05) is 5.32 Å². The number of rotatable bonds is 3. The molecule has 1 aromatic heterocycles. The van der Waals surface area contributed by atoms with Crippen LogP contribution in [0.2, 0.25) is 0 Å². The molecular weight excluding hydrogens is 238 g/mol. The van der Waals surface area contributed by atoms with E-state index in [1.807, 2.05) is 43.3 Å². The number of para-hydroxylation sites is 1. The highest BCUT2D eigenvalue weighted by Gasteiger charge is 2.07. The summed E-state index contributed by atoms with van der Waals surface area (Å²) in [5.74, 6) is 1.57. The summed E-state index contributed by atoms with van der Waals surface area (Å²) in [6.45, 7) is 1.88. The van der Waals surface area contributed by atoms with Crippen LogP contribution < -0.4 is 5.32 Å². The number of furan rings is 1. The molecule has 4 nitrogen and oxygen atoms in total. The summed E-state index contributed by atoms with van der Waals surface area (Å²) >= 11 is 0. The van der Waals surface area contributed by atoms with Gasteiger partial charge in [0.1, 0.15) is 29.2 Å². The Bertz CT molecular complexity index is 683. The summed E-state index contributed by atoms with van der Waals surface area (Å²) in [5, 5.41) is 20.3. The standard InChI is InChI=1S/C15H11N3O/c1-11-6-7-15(19-11)13-4-2-3-5-14(13)18-10-12(8-16)9-17/h2-7,10,18H,1H3. The topological polar surface area (TPSA) is 72.8 Å². The Morgan fingerprint density at radius 2 is 1.89 bits per heavy atom. The lowest BCUT2D eigenvalue weighted by Gasteiger charge is -2.06. The quantitative estimate of drug-likeness (QED) is 0.843. The van der Waals surface area contributed by atoms with Gasteiger partial charge in [-0.05, 0) is 31.2 Å². The number of hydrogen-bond acceptors (Lipinski definition) is 4. The Balaban J connectivity index is 2.36. The zero-order valence-corrected chi connectivity index (χ0v) is 10.3. The first-order chi connectivity index (χ1) is 9.24. The van der Waals surface area contributed by atoms with Gasteiger partial charge < -0.3 is 9.73 Å². The SMILES string of the molecule is Cc1ccc(-c2ccccc2NC=C(C#N)C#N)o1. The predicted molar refractivity (Wildman–Crippen MR) is 71.8 cm³/mol. The van der Waals surface area contributed by atoms with Gasteiger partial charge in [-0.2, -0.15) is 10.5 Å². The first-order valence-electron chi connectivity index (χ1n) is 5.67. The molecule has 0 saturated heterocycles. The second-order valence-electron chi connectivity index (χ2n) is 3.88. The van der Waals surface area contributed by atoms with Gasteiger partial charge in [0.2, 0.25) is 0 Å². The molecule has 0 fully saturated rings. The van der Waals surface area contributed by atoms with Gasteiger partial charge in [-0.1, -0.05) is 12.1 Å². The highest BCUT2D eigenvalue weighted by atomic mass is 16.3. The van der Waals surface area contributed by atoms with Crippen LogP contribution in [0.1, 0.15) is 5.76 Å². The zero-order valence-electron chi connectivity index (χ0n) is 10.3. The molecule has 2 aromatic rings. The minimum Gasteiger partial charge on any atom is -0.461 e. The van der Waals surface area contributed by atoms with Crippen LogP contribution in [0, 0.1) is 29.6 Å². The zero-order chi connectivity index (χ0) is 13.7. The van der Waals surface area contributed by atoms with Crippen molar-refractivity contribution in [2.24, 2.45) is 0 Å². The molecular formula is C15H11N3O. The lowest BCUT2D eigenvalue weighted by atomic mass is 10.1. The third-order valence-corrected chi connectivity index (χ3v) is 2.55. The van der Waals surface area contributed by atoms with Crippen molar-refractivity contribution in [3.05, 3.63) is 53.9 Å². The minimum absolute atomic E-state index is 0.0189. The molecule has 0 aliphatic rings. The number of anilines is 1. The molecule has 0 amide bonds. The van der Waals surface area contributed by atoms with E-state index < -0.39 is 0 Å². The summed E-state index contributed by atoms with van der Waals surface area (Å²) in [4.78, 5) is 0. The van der Waals surface area contributed by atoms with Gasteiger partial charge in [-0.25, -0.2) is 0 Å². The van der Waals surface area contributed by atoms with Crippen LogP contribution in [0.15, 0.2) is 52.6 Å². The third-order valence-electron chi connectivity index (χ3n) is 2.55. The van der Waals surface area contributed by atoms with Gasteiger partial charge in [-0.15, -0.1) is 0 Å². The van der Waals surface area contributed by atoms with Crippen LogP contribution in [0.5, 0.6) is 0 Å². The van der Waals surface area contributed by atoms with Crippen LogP contribution in [-0.2, 0) is 0 Å². The molecule has 19 heavy (non-hydrogen) atoms. The highest BCUT2D eigenvalue weighted by Crippen LogP contribution is 2.29. The molecule has 0 bridgehead atoms. The molecule has 2 rings (SSSR count). The Morgan fingerprint density at radius 1 is 1.16 bits per heavy atom. The van der Waals surface area contributed by atoms with Gasteiger partial charge in [0.25, 0.3) is 0 Å². The number of hydrogen-bond donors (Lipinski definition) is 1. The maximum absolute atomic E-state index is 8.69. The fourth-order valence-corrected chi connectivity index (χ4v) is 1.64. The maximum Gasteiger partial charge on any atom is 0.145 e. The van der Waals surface area contributed by atoms with Crippen molar-refractivity contribution in [3.8, 4) is 23.5 Å². The molecule has 1 heterocycles. The van der Waals surface area contributed by atoms with Crippen molar-refractivity contribution >= 4 is 5.69 Å². The van der Waals surface area contributed by atoms with Crippen LogP contribution in [0.3, 0.4) is 0 Å². The number of nitriles is 2. The molecule has 92 valence electrons. The van der Waals surface area contributed by atoms with Gasteiger partial charge in [0.05, 0.1) is 0 Å². The van der Waals surface area contributed by atoms with E-state index in [-0.39, 0.29) is 5.57 Å². The largest absolute Gasteiger partial charge is 0.461 e. The molecule has 0 spiro atoms. The number of nitrogens with one attached hydrogen (secondary N) is 1. The van der Waals surface area contributed by atoms with Gasteiger partial charge >= 0.3 is 0 Å². The Morgan fingerprint density at radius 3 is 2.53 bits per heavy atom. The van der Waals surface area contributed by atoms with Gasteiger partial charge in [0, 0.05) is 17.5 Å². The first-order valence-corrected chi connectivity index (χ1v) is 5.67. The van der Waals surface area contributed by atoms with E-state index in [0.717, 1.165) is 22.8 Å². The van der Waals surface area contributed by atoms with E-state index in [1.54, 1.807) is 12.1 Å². The highest BCUT2D eigenvalue weighted by molar-refractivity contribution is 5.75. The molecule has 0 aliphatic carbocycles. The van der Waals surface area contributed by atoms with Crippen LogP contribution >= 0.6 is 0 Å². The Labute approximate surface area is 111 Å². The summed E-state index contributed by atoms with van der Waals surface area (Å²) in [5.41, 5.74) is 1.67. The van der Waals surface area contributed by atoms with Crippen molar-refractivity contribution in [3.63, 3.8) is 0 Å². The number of nitrogens with zero attached hydrogens (tertiary/aromatic N) is 2. The molecule has 0 radical (unpaired) electrons. The second kappa shape index (κ2) is 5.57. The van der Waals surface area contributed by atoms with E-state index in [1.165, 1.54) is 6.20 Å². The van der Waals surface area contributed by atoms with E-state index in [4.69, 9.17) is 14.9 Å². The number of aryl methyl sites for hydroxylation is 1. The molecule has 1 aromatic carbocycles. The molecule has 0 saturated carbocycles.